The molecule has 0 atom stereocenters. The number of pyridine rings is 1. The Morgan fingerprint density at radius 2 is 2.21 bits per heavy atom. The van der Waals surface area contributed by atoms with Crippen molar-refractivity contribution in [2.45, 2.75) is 17.3 Å². The van der Waals surface area contributed by atoms with E-state index in [1.165, 1.54) is 34.6 Å². The average molecular weight is 372 g/mol. The summed E-state index contributed by atoms with van der Waals surface area (Å²) >= 11 is 1.68. The van der Waals surface area contributed by atoms with E-state index in [2.05, 4.69) is 4.98 Å². The molecule has 0 fully saturated rings. The molecule has 2 aromatic heterocycles. The number of thiophene rings is 1. The number of amides is 1. The van der Waals surface area contributed by atoms with Gasteiger partial charge < -0.3 is 9.64 Å². The van der Waals surface area contributed by atoms with Gasteiger partial charge in [0, 0.05) is 19.8 Å². The summed E-state index contributed by atoms with van der Waals surface area (Å²) in [6.45, 7) is -0.0631. The summed E-state index contributed by atoms with van der Waals surface area (Å²) in [5.74, 6) is -3.95. The Morgan fingerprint density at radius 1 is 1.42 bits per heavy atom. The molecule has 0 unspecified atom stereocenters. The number of rotatable bonds is 7. The minimum atomic E-state index is -2.70. The number of thioether (sulfide) groups is 1. The summed E-state index contributed by atoms with van der Waals surface area (Å²) in [7, 11) is 1.59. The van der Waals surface area contributed by atoms with Gasteiger partial charge in [0.05, 0.1) is 5.56 Å². The van der Waals surface area contributed by atoms with Crippen LogP contribution < -0.4 is 0 Å². The highest BCUT2D eigenvalue weighted by Gasteiger charge is 2.19. The van der Waals surface area contributed by atoms with Crippen LogP contribution in [0.4, 0.5) is 8.78 Å². The highest BCUT2D eigenvalue weighted by Crippen LogP contribution is 2.26. The zero-order valence-electron chi connectivity index (χ0n) is 12.6. The number of carbonyl (C=O) groups is 2. The third-order valence-electron chi connectivity index (χ3n) is 2.94. The Bertz CT molecular complexity index is 696. The van der Waals surface area contributed by atoms with Crippen LogP contribution in [-0.4, -0.2) is 41.2 Å². The van der Waals surface area contributed by atoms with Crippen molar-refractivity contribution in [3.05, 3.63) is 46.3 Å². The van der Waals surface area contributed by atoms with Gasteiger partial charge in [0.15, 0.2) is 6.61 Å². The second-order valence-corrected chi connectivity index (χ2v) is 6.45. The van der Waals surface area contributed by atoms with E-state index in [1.807, 2.05) is 16.8 Å². The number of likely N-dealkylation sites (N-methyl/N-ethyl adjacent to an activating group) is 1. The Kier molecular flexibility index (Phi) is 6.68. The van der Waals surface area contributed by atoms with Gasteiger partial charge in [-0.25, -0.2) is 9.78 Å². The van der Waals surface area contributed by atoms with Crippen molar-refractivity contribution in [2.75, 3.05) is 13.7 Å². The van der Waals surface area contributed by atoms with Crippen molar-refractivity contribution in [1.29, 1.82) is 0 Å². The molecule has 9 heteroatoms. The molecule has 1 amide bonds. The molecule has 2 aromatic rings. The first-order valence-electron chi connectivity index (χ1n) is 6.79. The minimum absolute atomic E-state index is 0.0870. The molecule has 0 aliphatic heterocycles. The maximum atomic E-state index is 12.5. The third-order valence-corrected chi connectivity index (χ3v) is 4.40. The van der Waals surface area contributed by atoms with E-state index >= 15 is 0 Å². The zero-order chi connectivity index (χ0) is 17.5. The summed E-state index contributed by atoms with van der Waals surface area (Å²) in [6.07, 6.45) is 1.31. The lowest BCUT2D eigenvalue weighted by molar-refractivity contribution is -0.133. The topological polar surface area (TPSA) is 59.5 Å². The van der Waals surface area contributed by atoms with E-state index in [4.69, 9.17) is 4.74 Å². The van der Waals surface area contributed by atoms with E-state index in [1.54, 1.807) is 7.05 Å². The number of carbonyl (C=O) groups excluding carboxylic acids is 2. The smallest absolute Gasteiger partial charge is 0.341 e. The van der Waals surface area contributed by atoms with Crippen molar-refractivity contribution in [2.24, 2.45) is 0 Å². The third kappa shape index (κ3) is 5.27. The van der Waals surface area contributed by atoms with Crippen LogP contribution in [0.5, 0.6) is 0 Å². The number of esters is 1. The maximum absolute atomic E-state index is 12.5. The maximum Gasteiger partial charge on any atom is 0.341 e. The van der Waals surface area contributed by atoms with Gasteiger partial charge in [-0.1, -0.05) is 0 Å². The van der Waals surface area contributed by atoms with Crippen molar-refractivity contribution >= 4 is 35.0 Å². The fourth-order valence-corrected chi connectivity index (χ4v) is 3.01. The standard InChI is InChI=1S/C15H14F2N2O3S2/c1-19(7-10-4-6-23-9-10)12(20)8-22-14(21)11-3-2-5-18-13(11)24-15(16)17/h2-6,9,15H,7-8H2,1H3. The van der Waals surface area contributed by atoms with Crippen LogP contribution in [0.1, 0.15) is 15.9 Å². The van der Waals surface area contributed by atoms with Gasteiger partial charge in [-0.05, 0) is 46.3 Å². The monoisotopic (exact) mass is 372 g/mol. The number of halogens is 2. The first-order chi connectivity index (χ1) is 11.5. The first kappa shape index (κ1) is 18.3. The number of hydrogen-bond acceptors (Lipinski definition) is 6. The lowest BCUT2D eigenvalue weighted by atomic mass is 10.3. The van der Waals surface area contributed by atoms with Gasteiger partial charge in [-0.2, -0.15) is 20.1 Å². The Labute approximate surface area is 145 Å². The molecule has 0 saturated carbocycles. The van der Waals surface area contributed by atoms with Gasteiger partial charge in [0.1, 0.15) is 5.03 Å². The summed E-state index contributed by atoms with van der Waals surface area (Å²) < 4.78 is 29.9. The lowest BCUT2D eigenvalue weighted by Crippen LogP contribution is -2.30. The van der Waals surface area contributed by atoms with Crippen molar-refractivity contribution < 1.29 is 23.1 Å². The second-order valence-electron chi connectivity index (χ2n) is 4.69. The number of hydrogen-bond donors (Lipinski definition) is 0. The molecule has 0 aliphatic carbocycles. The normalized spacial score (nSPS) is 10.7. The van der Waals surface area contributed by atoms with Crippen molar-refractivity contribution in [1.82, 2.24) is 9.88 Å². The van der Waals surface area contributed by atoms with Gasteiger partial charge in [-0.15, -0.1) is 0 Å². The summed E-state index contributed by atoms with van der Waals surface area (Å²) in [4.78, 5) is 29.1. The Balaban J connectivity index is 1.92. The molecule has 0 bridgehead atoms. The van der Waals surface area contributed by atoms with Crippen LogP contribution in [0, 0.1) is 0 Å². The van der Waals surface area contributed by atoms with Crippen molar-refractivity contribution in [3.63, 3.8) is 0 Å². The summed E-state index contributed by atoms with van der Waals surface area (Å²) in [5.41, 5.74) is 0.890. The fraction of sp³-hybridized carbons (Fsp3) is 0.267. The second kappa shape index (κ2) is 8.74. The molecule has 0 N–H and O–H groups in total. The number of alkyl halides is 2. The van der Waals surface area contributed by atoms with Crippen LogP contribution in [-0.2, 0) is 16.1 Å². The largest absolute Gasteiger partial charge is 0.452 e. The SMILES string of the molecule is CN(Cc1ccsc1)C(=O)COC(=O)c1cccnc1SC(F)F. The molecular weight excluding hydrogens is 358 g/mol. The molecule has 0 aromatic carbocycles. The fourth-order valence-electron chi connectivity index (χ4n) is 1.78. The van der Waals surface area contributed by atoms with Gasteiger partial charge in [0.2, 0.25) is 0 Å². The molecule has 2 heterocycles. The lowest BCUT2D eigenvalue weighted by Gasteiger charge is -2.16. The molecule has 24 heavy (non-hydrogen) atoms. The summed E-state index contributed by atoms with van der Waals surface area (Å²) in [6, 6.07) is 4.67. The molecule has 5 nitrogen and oxygen atoms in total. The Hall–Kier alpha value is -2.00. The molecule has 0 aliphatic rings. The quantitative estimate of drug-likeness (QED) is 0.551. The van der Waals surface area contributed by atoms with E-state index in [0.717, 1.165) is 5.56 Å². The van der Waals surface area contributed by atoms with E-state index in [-0.39, 0.29) is 28.3 Å². The molecular formula is C15H14F2N2O3S2. The van der Waals surface area contributed by atoms with E-state index in [9.17, 15) is 18.4 Å². The molecule has 0 spiro atoms. The highest BCUT2D eigenvalue weighted by molar-refractivity contribution is 7.99. The number of ether oxygens (including phenoxy) is 1. The van der Waals surface area contributed by atoms with Gasteiger partial charge in [-0.3, -0.25) is 4.79 Å². The predicted molar refractivity (Wildman–Crippen MR) is 87.2 cm³/mol. The number of aromatic nitrogens is 1. The number of nitrogens with zero attached hydrogens (tertiary/aromatic N) is 2. The summed E-state index contributed by atoms with van der Waals surface area (Å²) in [5, 5.41) is 3.69. The first-order valence-corrected chi connectivity index (χ1v) is 8.61. The van der Waals surface area contributed by atoms with Crippen LogP contribution >= 0.6 is 23.1 Å². The van der Waals surface area contributed by atoms with Crippen LogP contribution in [0.25, 0.3) is 0 Å². The average Bonchev–Trinajstić information content (AvgIpc) is 3.05. The highest BCUT2D eigenvalue weighted by atomic mass is 32.2. The molecule has 2 rings (SSSR count). The van der Waals surface area contributed by atoms with Crippen LogP contribution in [0.2, 0.25) is 0 Å². The zero-order valence-corrected chi connectivity index (χ0v) is 14.3. The van der Waals surface area contributed by atoms with Crippen LogP contribution in [0.3, 0.4) is 0 Å². The van der Waals surface area contributed by atoms with E-state index < -0.39 is 18.3 Å². The molecule has 0 saturated heterocycles. The minimum Gasteiger partial charge on any atom is -0.452 e. The molecule has 128 valence electrons. The predicted octanol–water partition coefficient (Wildman–Crippen LogP) is 3.27. The van der Waals surface area contributed by atoms with Crippen molar-refractivity contribution in [3.8, 4) is 0 Å². The van der Waals surface area contributed by atoms with E-state index in [0.29, 0.717) is 6.54 Å². The van der Waals surface area contributed by atoms with Gasteiger partial charge in [0.25, 0.3) is 11.7 Å². The Morgan fingerprint density at radius 3 is 2.88 bits per heavy atom. The molecule has 0 radical (unpaired) electrons. The van der Waals surface area contributed by atoms with Crippen LogP contribution in [0.15, 0.2) is 40.2 Å². The van der Waals surface area contributed by atoms with Gasteiger partial charge >= 0.3 is 5.97 Å².